The smallest absolute Gasteiger partial charge is 0.337 e. The summed E-state index contributed by atoms with van der Waals surface area (Å²) in [5, 5.41) is 4.00. The first-order valence-corrected chi connectivity index (χ1v) is 9.72. The number of ether oxygens (including phenoxy) is 1. The molecule has 6 heteroatoms. The average molecular weight is 382 g/mol. The molecule has 2 aromatic carbocycles. The lowest BCUT2D eigenvalue weighted by Crippen LogP contribution is -2.13. The summed E-state index contributed by atoms with van der Waals surface area (Å²) in [5.74, 6) is -0.467. The number of unbranched alkanes of at least 4 members (excludes halogenated alkanes) is 1. The van der Waals surface area contributed by atoms with Crippen LogP contribution in [0.1, 0.15) is 40.2 Å². The fourth-order valence-corrected chi connectivity index (χ4v) is 3.81. The van der Waals surface area contributed by atoms with Gasteiger partial charge < -0.3 is 10.1 Å². The number of nitrogens with one attached hydrogen (secondary N) is 1. The van der Waals surface area contributed by atoms with E-state index in [0.717, 1.165) is 35.4 Å². The van der Waals surface area contributed by atoms with Crippen molar-refractivity contribution in [1.82, 2.24) is 4.98 Å². The van der Waals surface area contributed by atoms with E-state index in [1.807, 2.05) is 25.1 Å². The second-order valence-corrected chi connectivity index (χ2v) is 7.47. The molecule has 3 aromatic rings. The van der Waals surface area contributed by atoms with E-state index in [1.165, 1.54) is 11.8 Å². The summed E-state index contributed by atoms with van der Waals surface area (Å²) in [6.07, 6.45) is 3.02. The molecular weight excluding hydrogens is 360 g/mol. The van der Waals surface area contributed by atoms with Gasteiger partial charge in [-0.25, -0.2) is 9.78 Å². The maximum Gasteiger partial charge on any atom is 0.337 e. The number of methoxy groups -OCH3 is 1. The number of rotatable bonds is 7. The highest BCUT2D eigenvalue weighted by Gasteiger charge is 2.10. The van der Waals surface area contributed by atoms with Crippen molar-refractivity contribution in [3.05, 3.63) is 58.6 Å². The van der Waals surface area contributed by atoms with Crippen LogP contribution >= 0.6 is 11.3 Å². The monoisotopic (exact) mass is 382 g/mol. The standard InChI is InChI=1S/C21H22N2O3S/c1-14-11-12-15(21(25)26-2)13-17(14)22-19(24)9-5-6-10-20-23-16-7-3-4-8-18(16)27-20/h3-4,7-8,11-13H,5-6,9-10H2,1-2H3,(H,22,24). The molecule has 1 aromatic heterocycles. The summed E-state index contributed by atoms with van der Waals surface area (Å²) in [7, 11) is 1.34. The minimum atomic E-state index is -0.415. The molecule has 0 atom stereocenters. The number of hydrogen-bond donors (Lipinski definition) is 1. The van der Waals surface area contributed by atoms with Gasteiger partial charge in [0.05, 0.1) is 27.9 Å². The van der Waals surface area contributed by atoms with Gasteiger partial charge >= 0.3 is 5.97 Å². The lowest BCUT2D eigenvalue weighted by Gasteiger charge is -2.10. The Balaban J connectivity index is 1.49. The summed E-state index contributed by atoms with van der Waals surface area (Å²) in [5.41, 5.74) is 3.02. The number of amides is 1. The van der Waals surface area contributed by atoms with Crippen molar-refractivity contribution < 1.29 is 14.3 Å². The van der Waals surface area contributed by atoms with Gasteiger partial charge in [0.2, 0.25) is 5.91 Å². The largest absolute Gasteiger partial charge is 0.465 e. The molecule has 0 spiro atoms. The van der Waals surface area contributed by atoms with Crippen molar-refractivity contribution >= 4 is 39.1 Å². The summed E-state index contributed by atoms with van der Waals surface area (Å²) in [6, 6.07) is 13.3. The lowest BCUT2D eigenvalue weighted by atomic mass is 10.1. The molecule has 1 amide bonds. The van der Waals surface area contributed by atoms with E-state index >= 15 is 0 Å². The molecule has 0 unspecified atom stereocenters. The van der Waals surface area contributed by atoms with Crippen LogP contribution in [-0.2, 0) is 16.0 Å². The van der Waals surface area contributed by atoms with Crippen LogP contribution in [0.25, 0.3) is 10.2 Å². The highest BCUT2D eigenvalue weighted by Crippen LogP contribution is 2.23. The molecule has 0 radical (unpaired) electrons. The third kappa shape index (κ3) is 4.92. The van der Waals surface area contributed by atoms with Crippen LogP contribution in [0.4, 0.5) is 5.69 Å². The summed E-state index contributed by atoms with van der Waals surface area (Å²) >= 11 is 1.71. The van der Waals surface area contributed by atoms with E-state index < -0.39 is 5.97 Å². The molecule has 0 aliphatic rings. The first-order chi connectivity index (χ1) is 13.1. The van der Waals surface area contributed by atoms with E-state index in [-0.39, 0.29) is 5.91 Å². The quantitative estimate of drug-likeness (QED) is 0.473. The molecule has 0 aliphatic carbocycles. The topological polar surface area (TPSA) is 68.3 Å². The zero-order valence-corrected chi connectivity index (χ0v) is 16.3. The molecule has 0 saturated heterocycles. The number of thiazole rings is 1. The van der Waals surface area contributed by atoms with E-state index in [1.54, 1.807) is 29.5 Å². The van der Waals surface area contributed by atoms with Crippen molar-refractivity contribution in [3.8, 4) is 0 Å². The van der Waals surface area contributed by atoms with Gasteiger partial charge in [0.1, 0.15) is 0 Å². The average Bonchev–Trinajstić information content (AvgIpc) is 3.09. The van der Waals surface area contributed by atoms with Crippen molar-refractivity contribution in [2.24, 2.45) is 0 Å². The Morgan fingerprint density at radius 2 is 1.96 bits per heavy atom. The van der Waals surface area contributed by atoms with Crippen molar-refractivity contribution in [1.29, 1.82) is 0 Å². The number of nitrogens with zero attached hydrogens (tertiary/aromatic N) is 1. The number of aromatic nitrogens is 1. The van der Waals surface area contributed by atoms with Gasteiger partial charge in [-0.3, -0.25) is 4.79 Å². The zero-order chi connectivity index (χ0) is 19.2. The number of para-hydroxylation sites is 1. The molecule has 27 heavy (non-hydrogen) atoms. The SMILES string of the molecule is COC(=O)c1ccc(C)c(NC(=O)CCCCc2nc3ccccc3s2)c1. The predicted octanol–water partition coefficient (Wildman–Crippen LogP) is 4.74. The number of hydrogen-bond acceptors (Lipinski definition) is 5. The van der Waals surface area contributed by atoms with Crippen LogP contribution in [0.5, 0.6) is 0 Å². The molecule has 0 aliphatic heterocycles. The van der Waals surface area contributed by atoms with Crippen molar-refractivity contribution in [2.75, 3.05) is 12.4 Å². The van der Waals surface area contributed by atoms with E-state index in [9.17, 15) is 9.59 Å². The van der Waals surface area contributed by atoms with Gasteiger partial charge in [-0.1, -0.05) is 18.2 Å². The molecular formula is C21H22N2O3S. The Bertz CT molecular complexity index is 932. The van der Waals surface area contributed by atoms with Gasteiger partial charge in [-0.15, -0.1) is 11.3 Å². The third-order valence-electron chi connectivity index (χ3n) is 4.32. The predicted molar refractivity (Wildman–Crippen MR) is 108 cm³/mol. The van der Waals surface area contributed by atoms with Gasteiger partial charge in [-0.2, -0.15) is 0 Å². The van der Waals surface area contributed by atoms with Crippen LogP contribution in [0.15, 0.2) is 42.5 Å². The summed E-state index contributed by atoms with van der Waals surface area (Å²) in [6.45, 7) is 1.89. The normalized spacial score (nSPS) is 10.7. The van der Waals surface area contributed by atoms with E-state index in [2.05, 4.69) is 16.4 Å². The molecule has 1 heterocycles. The van der Waals surface area contributed by atoms with Crippen LogP contribution < -0.4 is 5.32 Å². The first-order valence-electron chi connectivity index (χ1n) is 8.90. The molecule has 0 saturated carbocycles. The third-order valence-corrected chi connectivity index (χ3v) is 5.41. The Morgan fingerprint density at radius 3 is 2.74 bits per heavy atom. The minimum Gasteiger partial charge on any atom is -0.465 e. The number of aryl methyl sites for hydroxylation is 2. The van der Waals surface area contributed by atoms with Gasteiger partial charge in [0.25, 0.3) is 0 Å². The molecule has 0 fully saturated rings. The van der Waals surface area contributed by atoms with Crippen molar-refractivity contribution in [2.45, 2.75) is 32.6 Å². The molecule has 3 rings (SSSR count). The highest BCUT2D eigenvalue weighted by molar-refractivity contribution is 7.18. The number of anilines is 1. The molecule has 140 valence electrons. The Morgan fingerprint density at radius 1 is 1.15 bits per heavy atom. The van der Waals surface area contributed by atoms with Gasteiger partial charge in [-0.05, 0) is 56.0 Å². The maximum atomic E-state index is 12.2. The van der Waals surface area contributed by atoms with Crippen LogP contribution in [0, 0.1) is 6.92 Å². The minimum absolute atomic E-state index is 0.0515. The molecule has 0 bridgehead atoms. The first kappa shape index (κ1) is 19.0. The Labute approximate surface area is 162 Å². The maximum absolute atomic E-state index is 12.2. The van der Waals surface area contributed by atoms with Crippen LogP contribution in [0.2, 0.25) is 0 Å². The molecule has 1 N–H and O–H groups in total. The highest BCUT2D eigenvalue weighted by atomic mass is 32.1. The number of esters is 1. The second kappa shape index (κ2) is 8.77. The number of benzene rings is 2. The fraction of sp³-hybridized carbons (Fsp3) is 0.286. The van der Waals surface area contributed by atoms with Crippen molar-refractivity contribution in [3.63, 3.8) is 0 Å². The number of carbonyl (C=O) groups excluding carboxylic acids is 2. The lowest BCUT2D eigenvalue weighted by molar-refractivity contribution is -0.116. The number of carbonyl (C=O) groups is 2. The van der Waals surface area contributed by atoms with Gasteiger partial charge in [0.15, 0.2) is 0 Å². The fourth-order valence-electron chi connectivity index (χ4n) is 2.80. The van der Waals surface area contributed by atoms with Crippen LogP contribution in [0.3, 0.4) is 0 Å². The number of fused-ring (bicyclic) bond motifs is 1. The molecule has 5 nitrogen and oxygen atoms in total. The summed E-state index contributed by atoms with van der Waals surface area (Å²) < 4.78 is 5.92. The van der Waals surface area contributed by atoms with Gasteiger partial charge in [0, 0.05) is 12.1 Å². The second-order valence-electron chi connectivity index (χ2n) is 6.35. The Kier molecular flexibility index (Phi) is 6.19. The Hall–Kier alpha value is -2.73. The van der Waals surface area contributed by atoms with E-state index in [4.69, 9.17) is 4.74 Å². The zero-order valence-electron chi connectivity index (χ0n) is 15.5. The van der Waals surface area contributed by atoms with E-state index in [0.29, 0.717) is 17.7 Å². The van der Waals surface area contributed by atoms with Crippen LogP contribution in [-0.4, -0.2) is 24.0 Å². The summed E-state index contributed by atoms with van der Waals surface area (Å²) in [4.78, 5) is 28.5.